The van der Waals surface area contributed by atoms with Crippen LogP contribution >= 0.6 is 0 Å². The van der Waals surface area contributed by atoms with Crippen molar-refractivity contribution in [1.29, 1.82) is 0 Å². The number of piperidine rings is 2. The molecule has 0 bridgehead atoms. The molecule has 9 heteroatoms. The van der Waals surface area contributed by atoms with Crippen molar-refractivity contribution in [3.8, 4) is 0 Å². The Morgan fingerprint density at radius 1 is 1.06 bits per heavy atom. The molecule has 0 aromatic heterocycles. The lowest BCUT2D eigenvalue weighted by Crippen LogP contribution is -2.43. The van der Waals surface area contributed by atoms with E-state index in [2.05, 4.69) is 10.2 Å². The summed E-state index contributed by atoms with van der Waals surface area (Å²) in [5.74, 6) is -0.460. The average molecular weight is 463 g/mol. The summed E-state index contributed by atoms with van der Waals surface area (Å²) in [6.45, 7) is 3.77. The first-order valence-electron chi connectivity index (χ1n) is 11.4. The molecule has 2 fully saturated rings. The number of nitrogens with zero attached hydrogens (tertiary/aromatic N) is 2. The molecule has 0 spiro atoms. The minimum atomic E-state index is -3.49. The van der Waals surface area contributed by atoms with E-state index in [-0.39, 0.29) is 23.7 Å². The lowest BCUT2D eigenvalue weighted by atomic mass is 9.97. The van der Waals surface area contributed by atoms with Gasteiger partial charge in [-0.05, 0) is 56.8 Å². The maximum Gasteiger partial charge on any atom is 0.236 e. The summed E-state index contributed by atoms with van der Waals surface area (Å²) in [5.41, 5.74) is 6.25. The Morgan fingerprint density at radius 3 is 2.47 bits per heavy atom. The summed E-state index contributed by atoms with van der Waals surface area (Å²) >= 11 is 0. The fourth-order valence-corrected chi connectivity index (χ4v) is 5.56. The second-order valence-corrected chi connectivity index (χ2v) is 10.4. The predicted molar refractivity (Wildman–Crippen MR) is 125 cm³/mol. The second-order valence-electron chi connectivity index (χ2n) is 8.62. The molecule has 2 heterocycles. The van der Waals surface area contributed by atoms with Crippen LogP contribution in [0.3, 0.4) is 0 Å². The fourth-order valence-electron chi connectivity index (χ4n) is 4.34. The van der Waals surface area contributed by atoms with Crippen molar-refractivity contribution in [1.82, 2.24) is 14.5 Å². The van der Waals surface area contributed by atoms with E-state index in [0.29, 0.717) is 39.0 Å². The zero-order chi connectivity index (χ0) is 23.0. The molecular weight excluding hydrogens is 428 g/mol. The average Bonchev–Trinajstić information content (AvgIpc) is 2.81. The van der Waals surface area contributed by atoms with Gasteiger partial charge < -0.3 is 16.0 Å². The topological polar surface area (TPSA) is 113 Å². The number of carbonyl (C=O) groups excluding carboxylic acids is 2. The van der Waals surface area contributed by atoms with Crippen LogP contribution < -0.4 is 11.1 Å². The molecule has 0 saturated carbocycles. The highest BCUT2D eigenvalue weighted by molar-refractivity contribution is 7.92. The number of rotatable bonds is 9. The third-order valence-electron chi connectivity index (χ3n) is 6.27. The Labute approximate surface area is 190 Å². The van der Waals surface area contributed by atoms with Crippen molar-refractivity contribution >= 4 is 27.9 Å². The molecule has 0 radical (unpaired) electrons. The summed E-state index contributed by atoms with van der Waals surface area (Å²) in [6, 6.07) is 9.31. The van der Waals surface area contributed by atoms with Crippen LogP contribution in [0.4, 0.5) is 0 Å². The quantitative estimate of drug-likeness (QED) is 0.539. The molecule has 2 aliphatic rings. The van der Waals surface area contributed by atoms with Gasteiger partial charge in [0.25, 0.3) is 0 Å². The van der Waals surface area contributed by atoms with Gasteiger partial charge in [-0.25, -0.2) is 8.42 Å². The number of nitrogens with one attached hydrogen (secondary N) is 1. The van der Waals surface area contributed by atoms with Crippen molar-refractivity contribution < 1.29 is 18.0 Å². The van der Waals surface area contributed by atoms with Crippen molar-refractivity contribution in [2.24, 2.45) is 17.6 Å². The number of hydrogen-bond donors (Lipinski definition) is 2. The maximum atomic E-state index is 12.6. The maximum absolute atomic E-state index is 12.6. The van der Waals surface area contributed by atoms with E-state index in [1.54, 1.807) is 6.08 Å². The van der Waals surface area contributed by atoms with Crippen LogP contribution in [-0.2, 0) is 19.6 Å². The van der Waals surface area contributed by atoms with Crippen LogP contribution in [0.1, 0.15) is 37.7 Å². The number of primary amides is 1. The summed E-state index contributed by atoms with van der Waals surface area (Å²) in [5, 5.41) is 4.23. The molecule has 1 aromatic rings. The van der Waals surface area contributed by atoms with Crippen LogP contribution in [0.5, 0.6) is 0 Å². The van der Waals surface area contributed by atoms with Crippen molar-refractivity contribution in [3.05, 3.63) is 41.3 Å². The van der Waals surface area contributed by atoms with Crippen molar-refractivity contribution in [3.63, 3.8) is 0 Å². The van der Waals surface area contributed by atoms with Gasteiger partial charge >= 0.3 is 0 Å². The fraction of sp³-hybridized carbons (Fsp3) is 0.565. The highest BCUT2D eigenvalue weighted by atomic mass is 32.2. The van der Waals surface area contributed by atoms with Crippen LogP contribution in [0, 0.1) is 11.8 Å². The number of sulfonamides is 1. The normalized spacial score (nSPS) is 21.6. The monoisotopic (exact) mass is 462 g/mol. The van der Waals surface area contributed by atoms with E-state index in [9.17, 15) is 18.0 Å². The van der Waals surface area contributed by atoms with Gasteiger partial charge in [-0.3, -0.25) is 9.59 Å². The van der Waals surface area contributed by atoms with Crippen LogP contribution in [0.25, 0.3) is 6.08 Å². The SMILES string of the molecule is NC(=O)C1CCCN(CCCNC(=O)C2CCN(S(=O)(=O)/C=C/c3ccccc3)CC2)C1. The molecule has 0 aliphatic carbocycles. The Bertz CT molecular complexity index is 896. The van der Waals surface area contributed by atoms with Gasteiger partial charge in [0.05, 0.1) is 5.92 Å². The Hall–Kier alpha value is -2.23. The Kier molecular flexibility index (Phi) is 8.84. The predicted octanol–water partition coefficient (Wildman–Crippen LogP) is 1.40. The molecule has 2 aliphatic heterocycles. The molecule has 1 aromatic carbocycles. The minimum Gasteiger partial charge on any atom is -0.369 e. The van der Waals surface area contributed by atoms with Crippen LogP contribution in [-0.4, -0.2) is 68.7 Å². The standard InChI is InChI=1S/C23H34N4O4S/c24-22(28)21-8-4-13-26(18-21)14-5-12-25-23(29)20-9-15-27(16-10-20)32(30,31)17-11-19-6-2-1-3-7-19/h1-3,6-7,11,17,20-21H,4-5,8-10,12-16,18H2,(H2,24,28)(H,25,29)/b17-11+. The third-order valence-corrected chi connectivity index (χ3v) is 7.84. The Balaban J connectivity index is 1.36. The van der Waals surface area contributed by atoms with Crippen LogP contribution in [0.2, 0.25) is 0 Å². The summed E-state index contributed by atoms with van der Waals surface area (Å²) < 4.78 is 26.6. The van der Waals surface area contributed by atoms with E-state index in [0.717, 1.165) is 37.9 Å². The van der Waals surface area contributed by atoms with Gasteiger partial charge in [-0.15, -0.1) is 0 Å². The lowest BCUT2D eigenvalue weighted by Gasteiger charge is -2.31. The highest BCUT2D eigenvalue weighted by Crippen LogP contribution is 2.21. The summed E-state index contributed by atoms with van der Waals surface area (Å²) in [4.78, 5) is 26.1. The van der Waals surface area contributed by atoms with Gasteiger partial charge in [0.15, 0.2) is 0 Å². The smallest absolute Gasteiger partial charge is 0.236 e. The number of hydrogen-bond acceptors (Lipinski definition) is 5. The van der Waals surface area contributed by atoms with Crippen molar-refractivity contribution in [2.75, 3.05) is 39.3 Å². The van der Waals surface area contributed by atoms with Gasteiger partial charge in [-0.1, -0.05) is 30.3 Å². The number of nitrogens with two attached hydrogens (primary N) is 1. The number of carbonyl (C=O) groups is 2. The molecule has 1 atom stereocenters. The second kappa shape index (κ2) is 11.6. The van der Waals surface area contributed by atoms with Gasteiger partial charge in [0.2, 0.25) is 21.8 Å². The number of benzene rings is 1. The van der Waals surface area contributed by atoms with E-state index >= 15 is 0 Å². The molecule has 8 nitrogen and oxygen atoms in total. The van der Waals surface area contributed by atoms with Crippen molar-refractivity contribution in [2.45, 2.75) is 32.1 Å². The summed E-state index contributed by atoms with van der Waals surface area (Å²) in [7, 11) is -3.49. The Morgan fingerprint density at radius 2 is 1.78 bits per heavy atom. The molecular formula is C23H34N4O4S. The van der Waals surface area contributed by atoms with Gasteiger partial charge in [0, 0.05) is 37.5 Å². The molecule has 176 valence electrons. The zero-order valence-corrected chi connectivity index (χ0v) is 19.3. The lowest BCUT2D eigenvalue weighted by molar-refractivity contribution is -0.126. The van der Waals surface area contributed by atoms with E-state index < -0.39 is 10.0 Å². The summed E-state index contributed by atoms with van der Waals surface area (Å²) in [6.07, 6.45) is 5.30. The molecule has 2 amide bonds. The first-order chi connectivity index (χ1) is 15.3. The van der Waals surface area contributed by atoms with Gasteiger partial charge in [-0.2, -0.15) is 4.31 Å². The largest absolute Gasteiger partial charge is 0.369 e. The highest BCUT2D eigenvalue weighted by Gasteiger charge is 2.30. The first-order valence-corrected chi connectivity index (χ1v) is 12.9. The molecule has 3 N–H and O–H groups in total. The molecule has 1 unspecified atom stereocenters. The van der Waals surface area contributed by atoms with Gasteiger partial charge in [0.1, 0.15) is 0 Å². The van der Waals surface area contributed by atoms with E-state index in [1.807, 2.05) is 30.3 Å². The first kappa shape index (κ1) is 24.4. The van der Waals surface area contributed by atoms with E-state index in [1.165, 1.54) is 9.71 Å². The third kappa shape index (κ3) is 7.15. The number of likely N-dealkylation sites (tertiary alicyclic amines) is 1. The zero-order valence-electron chi connectivity index (χ0n) is 18.5. The van der Waals surface area contributed by atoms with E-state index in [4.69, 9.17) is 5.73 Å². The molecule has 32 heavy (non-hydrogen) atoms. The van der Waals surface area contributed by atoms with Crippen LogP contribution in [0.15, 0.2) is 35.7 Å². The molecule has 2 saturated heterocycles. The number of amides is 2. The minimum absolute atomic E-state index is 0.00414. The molecule has 3 rings (SSSR count).